The van der Waals surface area contributed by atoms with Gasteiger partial charge in [0.1, 0.15) is 0 Å². The number of amides is 1. The number of halogens is 1. The second kappa shape index (κ2) is 6.17. The van der Waals surface area contributed by atoms with Gasteiger partial charge in [-0.25, -0.2) is 0 Å². The summed E-state index contributed by atoms with van der Waals surface area (Å²) in [4.78, 5) is 14.2. The first kappa shape index (κ1) is 14.0. The molecule has 1 aliphatic carbocycles. The molecule has 1 amide bonds. The highest BCUT2D eigenvalue weighted by Gasteiger charge is 2.28. The largest absolute Gasteiger partial charge is 0.330 e. The minimum atomic E-state index is 0.179. The Morgan fingerprint density at radius 3 is 2.67 bits per heavy atom. The molecule has 3 nitrogen and oxygen atoms in total. The maximum Gasteiger partial charge on any atom is 0.230 e. The molecule has 0 radical (unpaired) electrons. The van der Waals surface area contributed by atoms with Crippen molar-refractivity contribution < 1.29 is 4.79 Å². The first-order valence-electron chi connectivity index (χ1n) is 6.33. The average Bonchev–Trinajstić information content (AvgIpc) is 2.84. The number of thiophene rings is 1. The van der Waals surface area contributed by atoms with Crippen LogP contribution in [-0.4, -0.2) is 19.5 Å². The quantitative estimate of drug-likeness (QED) is 0.924. The number of carbonyl (C=O) groups is 1. The van der Waals surface area contributed by atoms with E-state index < -0.39 is 0 Å². The highest BCUT2D eigenvalue weighted by atomic mass is 79.9. The molecule has 2 rings (SSSR count). The summed E-state index contributed by atoms with van der Waals surface area (Å²) in [5.74, 6) is 1.05. The fourth-order valence-electron chi connectivity index (χ4n) is 2.51. The van der Waals surface area contributed by atoms with Gasteiger partial charge in [0.2, 0.25) is 5.91 Å². The first-order valence-corrected chi connectivity index (χ1v) is 8.00. The molecule has 1 aromatic rings. The van der Waals surface area contributed by atoms with Crippen LogP contribution in [0.15, 0.2) is 15.9 Å². The molecule has 1 saturated carbocycles. The van der Waals surface area contributed by atoms with Crippen LogP contribution in [0.4, 0.5) is 5.00 Å². The van der Waals surface area contributed by atoms with Crippen molar-refractivity contribution in [3.05, 3.63) is 15.9 Å². The first-order chi connectivity index (χ1) is 8.61. The molecule has 0 atom stereocenters. The molecule has 0 spiro atoms. The summed E-state index contributed by atoms with van der Waals surface area (Å²) < 4.78 is 1.04. The summed E-state index contributed by atoms with van der Waals surface area (Å²) in [6.07, 6.45) is 4.15. The molecule has 100 valence electrons. The monoisotopic (exact) mass is 330 g/mol. The number of hydrogen-bond acceptors (Lipinski definition) is 3. The molecule has 0 aliphatic heterocycles. The topological polar surface area (TPSA) is 46.3 Å². The Hall–Kier alpha value is -0.390. The Labute approximate surface area is 120 Å². The highest BCUT2D eigenvalue weighted by Crippen LogP contribution is 2.33. The second-order valence-electron chi connectivity index (χ2n) is 4.95. The number of hydrogen-bond donors (Lipinski definition) is 1. The van der Waals surface area contributed by atoms with E-state index in [1.165, 1.54) is 0 Å². The fraction of sp³-hybridized carbons (Fsp3) is 0.615. The van der Waals surface area contributed by atoms with E-state index in [9.17, 15) is 4.79 Å². The van der Waals surface area contributed by atoms with Crippen LogP contribution in [0.3, 0.4) is 0 Å². The predicted molar refractivity (Wildman–Crippen MR) is 79.9 cm³/mol. The van der Waals surface area contributed by atoms with E-state index in [-0.39, 0.29) is 11.8 Å². The van der Waals surface area contributed by atoms with Gasteiger partial charge < -0.3 is 10.6 Å². The van der Waals surface area contributed by atoms with Crippen LogP contribution >= 0.6 is 27.3 Å². The summed E-state index contributed by atoms with van der Waals surface area (Å²) in [6, 6.07) is 1.99. The Kier molecular flexibility index (Phi) is 4.81. The van der Waals surface area contributed by atoms with Crippen molar-refractivity contribution in [2.24, 2.45) is 17.6 Å². The summed E-state index contributed by atoms with van der Waals surface area (Å²) in [6.45, 7) is 0.759. The van der Waals surface area contributed by atoms with Crippen LogP contribution in [-0.2, 0) is 4.79 Å². The number of rotatable bonds is 3. The van der Waals surface area contributed by atoms with E-state index in [2.05, 4.69) is 15.9 Å². The van der Waals surface area contributed by atoms with Gasteiger partial charge in [0.25, 0.3) is 0 Å². The molecule has 0 saturated heterocycles. The van der Waals surface area contributed by atoms with Crippen molar-refractivity contribution in [2.75, 3.05) is 18.5 Å². The van der Waals surface area contributed by atoms with Crippen LogP contribution in [0.25, 0.3) is 0 Å². The third-order valence-corrected chi connectivity index (χ3v) is 5.51. The van der Waals surface area contributed by atoms with Crippen molar-refractivity contribution in [1.29, 1.82) is 0 Å². The van der Waals surface area contributed by atoms with Crippen LogP contribution in [0, 0.1) is 11.8 Å². The van der Waals surface area contributed by atoms with Crippen molar-refractivity contribution in [1.82, 2.24) is 0 Å². The molecular weight excluding hydrogens is 312 g/mol. The van der Waals surface area contributed by atoms with Gasteiger partial charge in [0.15, 0.2) is 0 Å². The third kappa shape index (κ3) is 3.13. The number of nitrogens with zero attached hydrogens (tertiary/aromatic N) is 1. The Morgan fingerprint density at radius 2 is 2.17 bits per heavy atom. The Bertz CT molecular complexity index is 413. The molecule has 0 unspecified atom stereocenters. The predicted octanol–water partition coefficient (Wildman–Crippen LogP) is 3.24. The van der Waals surface area contributed by atoms with Gasteiger partial charge in [-0.2, -0.15) is 0 Å². The molecule has 0 bridgehead atoms. The molecule has 1 aliphatic rings. The molecule has 2 N–H and O–H groups in total. The number of carbonyl (C=O) groups excluding carboxylic acids is 1. The zero-order chi connectivity index (χ0) is 13.1. The lowest BCUT2D eigenvalue weighted by atomic mass is 9.81. The van der Waals surface area contributed by atoms with Crippen molar-refractivity contribution in [3.63, 3.8) is 0 Å². The number of anilines is 1. The lowest BCUT2D eigenvalue weighted by molar-refractivity contribution is -0.123. The van der Waals surface area contributed by atoms with Gasteiger partial charge >= 0.3 is 0 Å². The third-order valence-electron chi connectivity index (χ3n) is 3.74. The molecule has 1 fully saturated rings. The second-order valence-corrected chi connectivity index (χ2v) is 6.76. The molecule has 18 heavy (non-hydrogen) atoms. The van der Waals surface area contributed by atoms with Gasteiger partial charge in [-0.1, -0.05) is 0 Å². The van der Waals surface area contributed by atoms with Gasteiger partial charge in [-0.15, -0.1) is 11.3 Å². The van der Waals surface area contributed by atoms with Crippen molar-refractivity contribution >= 4 is 38.2 Å². The van der Waals surface area contributed by atoms with Crippen LogP contribution in [0.2, 0.25) is 0 Å². The smallest absolute Gasteiger partial charge is 0.230 e. The summed E-state index contributed by atoms with van der Waals surface area (Å²) >= 11 is 5.01. The lowest BCUT2D eigenvalue weighted by Crippen LogP contribution is -2.35. The van der Waals surface area contributed by atoms with E-state index in [0.717, 1.165) is 41.7 Å². The van der Waals surface area contributed by atoms with Crippen molar-refractivity contribution in [3.8, 4) is 0 Å². The van der Waals surface area contributed by atoms with Crippen molar-refractivity contribution in [2.45, 2.75) is 25.7 Å². The van der Waals surface area contributed by atoms with Crippen LogP contribution in [0.1, 0.15) is 25.7 Å². The molecule has 5 heteroatoms. The number of nitrogens with two attached hydrogens (primary N) is 1. The maximum atomic E-state index is 12.4. The summed E-state index contributed by atoms with van der Waals surface area (Å²) in [5.41, 5.74) is 5.68. The van der Waals surface area contributed by atoms with E-state index in [0.29, 0.717) is 5.92 Å². The van der Waals surface area contributed by atoms with Crippen LogP contribution in [0.5, 0.6) is 0 Å². The minimum absolute atomic E-state index is 0.179. The zero-order valence-electron chi connectivity index (χ0n) is 10.6. The van der Waals surface area contributed by atoms with E-state index in [4.69, 9.17) is 5.73 Å². The van der Waals surface area contributed by atoms with Gasteiger partial charge in [0.05, 0.1) is 5.00 Å². The van der Waals surface area contributed by atoms with Gasteiger partial charge in [-0.3, -0.25) is 4.79 Å². The SMILES string of the molecule is CN(C(=O)C1CCC(CN)CC1)c1cc(Br)cs1. The summed E-state index contributed by atoms with van der Waals surface area (Å²) in [7, 11) is 1.87. The fourth-order valence-corrected chi connectivity index (χ4v) is 3.90. The minimum Gasteiger partial charge on any atom is -0.330 e. The van der Waals surface area contributed by atoms with E-state index in [1.54, 1.807) is 16.2 Å². The van der Waals surface area contributed by atoms with Gasteiger partial charge in [-0.05, 0) is 60.1 Å². The molecular formula is C13H19BrN2OS. The molecule has 1 heterocycles. The Balaban J connectivity index is 1.95. The highest BCUT2D eigenvalue weighted by molar-refractivity contribution is 9.10. The van der Waals surface area contributed by atoms with E-state index in [1.807, 2.05) is 18.5 Å². The van der Waals surface area contributed by atoms with E-state index >= 15 is 0 Å². The zero-order valence-corrected chi connectivity index (χ0v) is 13.0. The summed E-state index contributed by atoms with van der Waals surface area (Å²) in [5, 5.41) is 3.01. The molecule has 0 aromatic carbocycles. The maximum absolute atomic E-state index is 12.4. The standard InChI is InChI=1S/C13H19BrN2OS/c1-16(12-6-11(14)8-18-12)13(17)10-4-2-9(7-15)3-5-10/h6,8-10H,2-5,7,15H2,1H3. The Morgan fingerprint density at radius 1 is 1.50 bits per heavy atom. The van der Waals surface area contributed by atoms with Gasteiger partial charge in [0, 0.05) is 22.8 Å². The molecule has 1 aromatic heterocycles. The lowest BCUT2D eigenvalue weighted by Gasteiger charge is -2.29. The average molecular weight is 331 g/mol. The normalized spacial score (nSPS) is 23.9. The van der Waals surface area contributed by atoms with Crippen LogP contribution < -0.4 is 10.6 Å².